The first-order valence-electron chi connectivity index (χ1n) is 10.3. The summed E-state index contributed by atoms with van der Waals surface area (Å²) in [5.74, 6) is 1.08. The van der Waals surface area contributed by atoms with Crippen molar-refractivity contribution in [1.29, 1.82) is 0 Å². The van der Waals surface area contributed by atoms with Gasteiger partial charge in [0, 0.05) is 5.56 Å². The van der Waals surface area contributed by atoms with Crippen molar-refractivity contribution < 1.29 is 4.74 Å². The van der Waals surface area contributed by atoms with E-state index in [4.69, 9.17) is 4.74 Å². The number of hydrogen-bond acceptors (Lipinski definition) is 1. The molecule has 1 aliphatic carbocycles. The fourth-order valence-corrected chi connectivity index (χ4v) is 7.57. The number of aryl methyl sites for hydroxylation is 1. The lowest BCUT2D eigenvalue weighted by atomic mass is 9.84. The van der Waals surface area contributed by atoms with Crippen LogP contribution in [-0.2, 0) is 11.5 Å². The third-order valence-electron chi connectivity index (χ3n) is 5.75. The summed E-state index contributed by atoms with van der Waals surface area (Å²) in [4.78, 5) is 0. The maximum Gasteiger partial charge on any atom is 0.126 e. The number of fused-ring (bicyclic) bond motifs is 1. The summed E-state index contributed by atoms with van der Waals surface area (Å²) in [7, 11) is -1.63. The van der Waals surface area contributed by atoms with Crippen molar-refractivity contribution >= 4 is 14.1 Å². The number of rotatable bonds is 6. The summed E-state index contributed by atoms with van der Waals surface area (Å²) in [5, 5.41) is 0. The second-order valence-electron chi connectivity index (χ2n) is 9.78. The minimum atomic E-state index is -1.63. The molecular formula is C26H34OSi. The van der Waals surface area contributed by atoms with Crippen molar-refractivity contribution in [1.82, 2.24) is 0 Å². The first kappa shape index (κ1) is 20.7. The average Bonchev–Trinajstić information content (AvgIpc) is 3.04. The van der Waals surface area contributed by atoms with E-state index in [2.05, 4.69) is 95.9 Å². The molecule has 0 fully saturated rings. The van der Waals surface area contributed by atoms with Crippen LogP contribution in [0, 0.1) is 6.92 Å². The SMILES string of the molecule is C=CCOc1c(C[Si](C)(C)C2C=Cc3ccccc32)cc(C)cc1C(C)(C)C. The topological polar surface area (TPSA) is 9.23 Å². The first-order valence-corrected chi connectivity index (χ1v) is 13.6. The van der Waals surface area contributed by atoms with E-state index in [1.807, 2.05) is 6.08 Å². The monoisotopic (exact) mass is 390 g/mol. The van der Waals surface area contributed by atoms with Crippen molar-refractivity contribution in [2.24, 2.45) is 0 Å². The number of hydrogen-bond donors (Lipinski definition) is 0. The molecule has 0 aromatic heterocycles. The molecule has 2 aromatic rings. The summed E-state index contributed by atoms with van der Waals surface area (Å²) in [6.07, 6.45) is 6.58. The van der Waals surface area contributed by atoms with Gasteiger partial charge in [-0.25, -0.2) is 0 Å². The van der Waals surface area contributed by atoms with Gasteiger partial charge in [0.25, 0.3) is 0 Å². The lowest BCUT2D eigenvalue weighted by Crippen LogP contribution is -2.37. The van der Waals surface area contributed by atoms with Gasteiger partial charge >= 0.3 is 0 Å². The molecule has 0 spiro atoms. The highest BCUT2D eigenvalue weighted by Gasteiger charge is 2.36. The van der Waals surface area contributed by atoms with Gasteiger partial charge in [-0.15, -0.1) is 0 Å². The minimum absolute atomic E-state index is 0.0445. The fraction of sp³-hybridized carbons (Fsp3) is 0.385. The molecule has 0 aliphatic heterocycles. The van der Waals surface area contributed by atoms with Crippen molar-refractivity contribution in [3.05, 3.63) is 82.9 Å². The van der Waals surface area contributed by atoms with Crippen LogP contribution in [0.1, 0.15) is 54.1 Å². The average molecular weight is 391 g/mol. The summed E-state index contributed by atoms with van der Waals surface area (Å²) < 4.78 is 6.26. The van der Waals surface area contributed by atoms with E-state index in [-0.39, 0.29) is 5.41 Å². The van der Waals surface area contributed by atoms with Crippen LogP contribution in [0.5, 0.6) is 5.75 Å². The Kier molecular flexibility index (Phi) is 5.72. The molecule has 2 aromatic carbocycles. The molecule has 28 heavy (non-hydrogen) atoms. The van der Waals surface area contributed by atoms with E-state index in [0.717, 1.165) is 11.8 Å². The Bertz CT molecular complexity index is 899. The predicted octanol–water partition coefficient (Wildman–Crippen LogP) is 7.00. The van der Waals surface area contributed by atoms with Crippen LogP contribution >= 0.6 is 0 Å². The summed E-state index contributed by atoms with van der Waals surface area (Å²) in [6.45, 7) is 18.4. The molecule has 0 radical (unpaired) electrons. The molecule has 0 saturated carbocycles. The van der Waals surface area contributed by atoms with E-state index in [0.29, 0.717) is 12.1 Å². The van der Waals surface area contributed by atoms with Crippen LogP contribution < -0.4 is 4.74 Å². The van der Waals surface area contributed by atoms with E-state index in [1.165, 1.54) is 27.8 Å². The molecule has 0 amide bonds. The standard InChI is InChI=1S/C26H34OSi/c1-8-15-27-25-21(16-19(2)17-23(25)26(3,4)5)18-28(6,7)24-14-13-20-11-9-10-12-22(20)24/h8-14,16-17,24H,1,15,18H2,2-7H3. The summed E-state index contributed by atoms with van der Waals surface area (Å²) in [5.41, 5.74) is 7.46. The molecule has 1 unspecified atom stereocenters. The normalized spacial score (nSPS) is 16.1. The molecule has 0 N–H and O–H groups in total. The summed E-state index contributed by atoms with van der Waals surface area (Å²) in [6, 6.07) is 14.6. The van der Waals surface area contributed by atoms with Crippen molar-refractivity contribution in [3.63, 3.8) is 0 Å². The Morgan fingerprint density at radius 3 is 2.54 bits per heavy atom. The van der Waals surface area contributed by atoms with E-state index in [1.54, 1.807) is 0 Å². The Morgan fingerprint density at radius 2 is 1.86 bits per heavy atom. The Balaban J connectivity index is 2.02. The molecule has 0 bridgehead atoms. The lowest BCUT2D eigenvalue weighted by Gasteiger charge is -2.32. The fourth-order valence-electron chi connectivity index (χ4n) is 4.38. The molecule has 2 heteroatoms. The molecule has 3 rings (SSSR count). The Labute approximate surface area is 172 Å². The van der Waals surface area contributed by atoms with Crippen LogP contribution in [0.3, 0.4) is 0 Å². The Morgan fingerprint density at radius 1 is 1.14 bits per heavy atom. The van der Waals surface area contributed by atoms with Gasteiger partial charge in [0.1, 0.15) is 12.4 Å². The second kappa shape index (κ2) is 7.75. The smallest absolute Gasteiger partial charge is 0.126 e. The molecule has 0 heterocycles. The quantitative estimate of drug-likeness (QED) is 0.381. The van der Waals surface area contributed by atoms with Gasteiger partial charge < -0.3 is 4.74 Å². The molecule has 1 atom stereocenters. The lowest BCUT2D eigenvalue weighted by molar-refractivity contribution is 0.348. The molecule has 1 aliphatic rings. The molecule has 1 nitrogen and oxygen atoms in total. The maximum atomic E-state index is 6.26. The second-order valence-corrected chi connectivity index (χ2v) is 14.7. The zero-order valence-electron chi connectivity index (χ0n) is 18.3. The van der Waals surface area contributed by atoms with Gasteiger partial charge in [-0.2, -0.15) is 0 Å². The van der Waals surface area contributed by atoms with Crippen LogP contribution in [0.15, 0.2) is 55.1 Å². The van der Waals surface area contributed by atoms with Gasteiger partial charge in [0.15, 0.2) is 0 Å². The van der Waals surface area contributed by atoms with Crippen LogP contribution in [0.2, 0.25) is 13.1 Å². The van der Waals surface area contributed by atoms with Gasteiger partial charge in [0.05, 0.1) is 8.07 Å². The van der Waals surface area contributed by atoms with Crippen molar-refractivity contribution in [2.75, 3.05) is 6.61 Å². The van der Waals surface area contributed by atoms with Gasteiger partial charge in [-0.1, -0.05) is 101 Å². The zero-order chi connectivity index (χ0) is 20.5. The summed E-state index contributed by atoms with van der Waals surface area (Å²) >= 11 is 0. The van der Waals surface area contributed by atoms with E-state index in [9.17, 15) is 0 Å². The third-order valence-corrected chi connectivity index (χ3v) is 9.23. The number of benzene rings is 2. The molecular weight excluding hydrogens is 356 g/mol. The largest absolute Gasteiger partial charge is 0.489 e. The van der Waals surface area contributed by atoms with Crippen LogP contribution in [-0.4, -0.2) is 14.7 Å². The third kappa shape index (κ3) is 4.17. The van der Waals surface area contributed by atoms with Crippen LogP contribution in [0.25, 0.3) is 6.08 Å². The highest BCUT2D eigenvalue weighted by Crippen LogP contribution is 2.41. The predicted molar refractivity (Wildman–Crippen MR) is 125 cm³/mol. The number of ether oxygens (including phenoxy) is 1. The Hall–Kier alpha value is -2.06. The van der Waals surface area contributed by atoms with Gasteiger partial charge in [0.2, 0.25) is 0 Å². The van der Waals surface area contributed by atoms with Crippen LogP contribution in [0.4, 0.5) is 0 Å². The highest BCUT2D eigenvalue weighted by atomic mass is 28.3. The van der Waals surface area contributed by atoms with E-state index < -0.39 is 8.07 Å². The molecule has 0 saturated heterocycles. The number of allylic oxidation sites excluding steroid dienone is 1. The maximum absolute atomic E-state index is 6.26. The highest BCUT2D eigenvalue weighted by molar-refractivity contribution is 6.79. The zero-order valence-corrected chi connectivity index (χ0v) is 19.3. The first-order chi connectivity index (χ1) is 13.1. The van der Waals surface area contributed by atoms with Gasteiger partial charge in [-0.3, -0.25) is 0 Å². The van der Waals surface area contributed by atoms with Crippen molar-refractivity contribution in [2.45, 2.75) is 57.8 Å². The van der Waals surface area contributed by atoms with E-state index >= 15 is 0 Å². The van der Waals surface area contributed by atoms with Crippen molar-refractivity contribution in [3.8, 4) is 5.75 Å². The molecule has 148 valence electrons. The van der Waals surface area contributed by atoms with Gasteiger partial charge in [-0.05, 0) is 40.6 Å². The minimum Gasteiger partial charge on any atom is -0.489 e.